The summed E-state index contributed by atoms with van der Waals surface area (Å²) in [6.45, 7) is 0.346. The number of benzene rings is 1. The monoisotopic (exact) mass is 366 g/mol. The molecule has 0 spiro atoms. The first-order valence-electron chi connectivity index (χ1n) is 8.08. The Hall–Kier alpha value is -3.12. The van der Waals surface area contributed by atoms with Crippen LogP contribution in [0.3, 0.4) is 0 Å². The third-order valence-electron chi connectivity index (χ3n) is 3.99. The van der Waals surface area contributed by atoms with E-state index in [-0.39, 0.29) is 12.3 Å². The molecule has 0 radical (unpaired) electrons. The van der Waals surface area contributed by atoms with Crippen LogP contribution in [0.25, 0.3) is 16.8 Å². The molecule has 0 atom stereocenters. The minimum Gasteiger partial charge on any atom is -0.356 e. The molecule has 4 rings (SSSR count). The molecule has 3 heterocycles. The van der Waals surface area contributed by atoms with Crippen molar-refractivity contribution in [2.75, 3.05) is 0 Å². The fourth-order valence-electron chi connectivity index (χ4n) is 2.68. The maximum absolute atomic E-state index is 12.2. The van der Waals surface area contributed by atoms with Crippen molar-refractivity contribution in [3.63, 3.8) is 0 Å². The van der Waals surface area contributed by atoms with Gasteiger partial charge >= 0.3 is 0 Å². The van der Waals surface area contributed by atoms with Crippen LogP contribution in [0.15, 0.2) is 65.4 Å². The van der Waals surface area contributed by atoms with E-state index in [0.717, 1.165) is 16.9 Å². The quantitative estimate of drug-likeness (QED) is 0.586. The van der Waals surface area contributed by atoms with Crippen LogP contribution in [-0.4, -0.2) is 20.4 Å². The van der Waals surface area contributed by atoms with Crippen molar-refractivity contribution in [3.8, 4) is 11.3 Å². The summed E-state index contributed by atoms with van der Waals surface area (Å²) < 4.78 is 7.25. The minimum absolute atomic E-state index is 0.139. The van der Waals surface area contributed by atoms with Gasteiger partial charge in [0, 0.05) is 22.8 Å². The number of aromatic nitrogens is 3. The average Bonchev–Trinajstić information content (AvgIpc) is 3.28. The molecule has 6 nitrogen and oxygen atoms in total. The molecule has 4 aromatic rings. The van der Waals surface area contributed by atoms with E-state index < -0.39 is 0 Å². The molecule has 130 valence electrons. The van der Waals surface area contributed by atoms with E-state index in [4.69, 9.17) is 16.1 Å². The van der Waals surface area contributed by atoms with Crippen molar-refractivity contribution in [3.05, 3.63) is 77.5 Å². The van der Waals surface area contributed by atoms with Gasteiger partial charge in [-0.3, -0.25) is 4.79 Å². The molecule has 3 aromatic heterocycles. The number of imidazole rings is 1. The minimum atomic E-state index is -0.145. The normalized spacial score (nSPS) is 11.0. The second-order valence-corrected chi connectivity index (χ2v) is 6.25. The summed E-state index contributed by atoms with van der Waals surface area (Å²) in [5.41, 5.74) is 2.42. The van der Waals surface area contributed by atoms with E-state index in [9.17, 15) is 4.79 Å². The van der Waals surface area contributed by atoms with Gasteiger partial charge in [0.15, 0.2) is 5.76 Å². The number of carbonyl (C=O) groups excluding carboxylic acids is 1. The van der Waals surface area contributed by atoms with Crippen molar-refractivity contribution in [2.45, 2.75) is 13.0 Å². The Labute approximate surface area is 154 Å². The number of amides is 1. The first-order chi connectivity index (χ1) is 12.7. The summed E-state index contributed by atoms with van der Waals surface area (Å²) >= 11 is 5.88. The molecule has 26 heavy (non-hydrogen) atoms. The lowest BCUT2D eigenvalue weighted by atomic mass is 10.1. The number of hydrogen-bond donors (Lipinski definition) is 1. The molecule has 1 amide bonds. The van der Waals surface area contributed by atoms with Crippen LogP contribution in [0.2, 0.25) is 5.02 Å². The van der Waals surface area contributed by atoms with Crippen LogP contribution in [-0.2, 0) is 17.8 Å². The van der Waals surface area contributed by atoms with E-state index >= 15 is 0 Å². The molecule has 1 aromatic carbocycles. The maximum atomic E-state index is 12.2. The smallest absolute Gasteiger partial charge is 0.226 e. The van der Waals surface area contributed by atoms with E-state index in [1.165, 1.54) is 0 Å². The number of nitrogens with zero attached hydrogens (tertiary/aromatic N) is 3. The Morgan fingerprint density at radius 3 is 2.88 bits per heavy atom. The average molecular weight is 367 g/mol. The van der Waals surface area contributed by atoms with Gasteiger partial charge in [0.2, 0.25) is 5.91 Å². The van der Waals surface area contributed by atoms with E-state index in [1.54, 1.807) is 24.4 Å². The Balaban J connectivity index is 1.38. The summed E-state index contributed by atoms with van der Waals surface area (Å²) in [5.74, 6) is 1.23. The summed E-state index contributed by atoms with van der Waals surface area (Å²) in [6, 6.07) is 14.8. The number of rotatable bonds is 5. The lowest BCUT2D eigenvalue weighted by Crippen LogP contribution is -2.25. The predicted octanol–water partition coefficient (Wildman–Crippen LogP) is 3.50. The Kier molecular flexibility index (Phi) is 4.41. The summed E-state index contributed by atoms with van der Waals surface area (Å²) in [6.07, 6.45) is 3.83. The van der Waals surface area contributed by atoms with Crippen molar-refractivity contribution < 1.29 is 9.32 Å². The number of halogens is 1. The summed E-state index contributed by atoms with van der Waals surface area (Å²) in [7, 11) is 0. The molecule has 0 saturated heterocycles. The van der Waals surface area contributed by atoms with Crippen molar-refractivity contribution in [1.29, 1.82) is 0 Å². The zero-order valence-electron chi connectivity index (χ0n) is 13.7. The molecule has 0 saturated carbocycles. The van der Waals surface area contributed by atoms with Gasteiger partial charge in [-0.15, -0.1) is 0 Å². The summed E-state index contributed by atoms with van der Waals surface area (Å²) in [4.78, 5) is 16.5. The highest BCUT2D eigenvalue weighted by Gasteiger charge is 2.11. The number of nitrogens with one attached hydrogen (secondary N) is 1. The first-order valence-corrected chi connectivity index (χ1v) is 8.46. The van der Waals surface area contributed by atoms with Crippen LogP contribution in [0.4, 0.5) is 0 Å². The van der Waals surface area contributed by atoms with E-state index in [0.29, 0.717) is 23.0 Å². The largest absolute Gasteiger partial charge is 0.356 e. The standard InChI is InChI=1S/C19H15ClN4O2/c20-14-6-4-13(5-7-14)17-9-15(23-26-17)10-19(25)22-12-18-21-11-16-3-1-2-8-24(16)18/h1-9,11H,10,12H2,(H,22,25). The second kappa shape index (κ2) is 7.01. The number of pyridine rings is 1. The molecular weight excluding hydrogens is 352 g/mol. The SMILES string of the molecule is O=C(Cc1cc(-c2ccc(Cl)cc2)on1)NCc1ncc2ccccn12. The maximum Gasteiger partial charge on any atom is 0.226 e. The van der Waals surface area contributed by atoms with Gasteiger partial charge in [-0.25, -0.2) is 4.98 Å². The zero-order valence-corrected chi connectivity index (χ0v) is 14.5. The van der Waals surface area contributed by atoms with Crippen molar-refractivity contribution in [2.24, 2.45) is 0 Å². The Bertz CT molecular complexity index is 1050. The number of hydrogen-bond acceptors (Lipinski definition) is 4. The van der Waals surface area contributed by atoms with Crippen LogP contribution in [0, 0.1) is 0 Å². The number of carbonyl (C=O) groups is 1. The summed E-state index contributed by atoms with van der Waals surface area (Å²) in [5, 5.41) is 7.47. The van der Waals surface area contributed by atoms with Gasteiger partial charge < -0.3 is 14.2 Å². The van der Waals surface area contributed by atoms with Gasteiger partial charge in [0.1, 0.15) is 5.82 Å². The molecule has 0 bridgehead atoms. The van der Waals surface area contributed by atoms with Gasteiger partial charge in [-0.05, 0) is 36.4 Å². The third kappa shape index (κ3) is 3.45. The fourth-order valence-corrected chi connectivity index (χ4v) is 2.81. The lowest BCUT2D eigenvalue weighted by Gasteiger charge is -2.03. The predicted molar refractivity (Wildman–Crippen MR) is 97.7 cm³/mol. The molecule has 0 fully saturated rings. The van der Waals surface area contributed by atoms with Crippen LogP contribution in [0.5, 0.6) is 0 Å². The highest BCUT2D eigenvalue weighted by atomic mass is 35.5. The molecule has 0 aliphatic heterocycles. The molecule has 0 aliphatic carbocycles. The van der Waals surface area contributed by atoms with Gasteiger partial charge in [0.25, 0.3) is 0 Å². The van der Waals surface area contributed by atoms with E-state index in [1.807, 2.05) is 40.9 Å². The third-order valence-corrected chi connectivity index (χ3v) is 4.24. The fraction of sp³-hybridized carbons (Fsp3) is 0.105. The van der Waals surface area contributed by atoms with Gasteiger partial charge in [-0.1, -0.05) is 22.8 Å². The van der Waals surface area contributed by atoms with Crippen LogP contribution >= 0.6 is 11.6 Å². The molecule has 0 aliphatic rings. The topological polar surface area (TPSA) is 72.4 Å². The molecule has 0 unspecified atom stereocenters. The van der Waals surface area contributed by atoms with Crippen LogP contribution in [0.1, 0.15) is 11.5 Å². The van der Waals surface area contributed by atoms with Gasteiger partial charge in [0.05, 0.1) is 30.4 Å². The van der Waals surface area contributed by atoms with Crippen molar-refractivity contribution >= 4 is 23.0 Å². The Morgan fingerprint density at radius 2 is 2.04 bits per heavy atom. The lowest BCUT2D eigenvalue weighted by molar-refractivity contribution is -0.120. The van der Waals surface area contributed by atoms with Gasteiger partial charge in [-0.2, -0.15) is 0 Å². The van der Waals surface area contributed by atoms with E-state index in [2.05, 4.69) is 15.5 Å². The number of fused-ring (bicyclic) bond motifs is 1. The molecule has 1 N–H and O–H groups in total. The zero-order chi connectivity index (χ0) is 17.9. The second-order valence-electron chi connectivity index (χ2n) is 5.81. The highest BCUT2D eigenvalue weighted by molar-refractivity contribution is 6.30. The Morgan fingerprint density at radius 1 is 1.19 bits per heavy atom. The van der Waals surface area contributed by atoms with Crippen molar-refractivity contribution in [1.82, 2.24) is 19.9 Å². The molecule has 7 heteroatoms. The molecular formula is C19H15ClN4O2. The van der Waals surface area contributed by atoms with Crippen LogP contribution < -0.4 is 5.32 Å². The first kappa shape index (κ1) is 16.4. The highest BCUT2D eigenvalue weighted by Crippen LogP contribution is 2.22.